The topological polar surface area (TPSA) is 6.48 Å². The maximum absolute atomic E-state index is 2.78. The summed E-state index contributed by atoms with van der Waals surface area (Å²) < 4.78 is 0. The molecule has 0 saturated carbocycles. The maximum Gasteiger partial charge on any atom is 0.0480 e. The second-order valence-corrected chi connectivity index (χ2v) is 9.10. The predicted octanol–water partition coefficient (Wildman–Crippen LogP) is 5.73. The SMILES string of the molecule is Cc1cccc(N(C)[C@@H]2C3CCN(CC3)[C@@H]2C(c2ccccc2)c2ccccc2)c1. The first-order chi connectivity index (χ1) is 14.7. The molecule has 3 heterocycles. The molecule has 3 aliphatic rings. The van der Waals surface area contributed by atoms with Crippen molar-refractivity contribution in [2.45, 2.75) is 37.8 Å². The van der Waals surface area contributed by atoms with Gasteiger partial charge in [-0.05, 0) is 67.6 Å². The first kappa shape index (κ1) is 19.4. The standard InChI is InChI=1S/C28H32N2/c1-21-10-9-15-25(20-21)29(2)27-24-16-18-30(19-17-24)28(27)26(22-11-5-3-6-12-22)23-13-7-4-8-14-23/h3-15,20,24,26-28H,16-19H2,1-2H3/t27-,28-/m1/s1. The Labute approximate surface area is 181 Å². The van der Waals surface area contributed by atoms with E-state index in [2.05, 4.69) is 109 Å². The lowest BCUT2D eigenvalue weighted by atomic mass is 9.70. The van der Waals surface area contributed by atoms with Crippen LogP contribution in [0.3, 0.4) is 0 Å². The van der Waals surface area contributed by atoms with Gasteiger partial charge in [0.15, 0.2) is 0 Å². The van der Waals surface area contributed by atoms with E-state index in [0.717, 1.165) is 5.92 Å². The fourth-order valence-electron chi connectivity index (χ4n) is 5.93. The number of rotatable bonds is 5. The smallest absolute Gasteiger partial charge is 0.0480 e. The third-order valence-corrected chi connectivity index (χ3v) is 7.34. The summed E-state index contributed by atoms with van der Waals surface area (Å²) in [6.07, 6.45) is 2.63. The normalized spacial score (nSPS) is 25.4. The van der Waals surface area contributed by atoms with E-state index in [-0.39, 0.29) is 0 Å². The van der Waals surface area contributed by atoms with Gasteiger partial charge in [-0.1, -0.05) is 72.8 Å². The molecule has 3 saturated heterocycles. The fraction of sp³-hybridized carbons (Fsp3) is 0.357. The maximum atomic E-state index is 2.78. The fourth-order valence-corrected chi connectivity index (χ4v) is 5.93. The largest absolute Gasteiger partial charge is 0.370 e. The van der Waals surface area contributed by atoms with Gasteiger partial charge in [0.25, 0.3) is 0 Å². The van der Waals surface area contributed by atoms with Crippen LogP contribution in [0.5, 0.6) is 0 Å². The van der Waals surface area contributed by atoms with Crippen LogP contribution in [0.4, 0.5) is 5.69 Å². The van der Waals surface area contributed by atoms with Crippen molar-refractivity contribution in [3.8, 4) is 0 Å². The molecule has 0 radical (unpaired) electrons. The van der Waals surface area contributed by atoms with Crippen LogP contribution < -0.4 is 4.90 Å². The molecule has 6 rings (SSSR count). The Morgan fingerprint density at radius 2 is 1.40 bits per heavy atom. The lowest BCUT2D eigenvalue weighted by Crippen LogP contribution is -2.65. The van der Waals surface area contributed by atoms with E-state index in [1.54, 1.807) is 0 Å². The van der Waals surface area contributed by atoms with Gasteiger partial charge in [-0.25, -0.2) is 0 Å². The molecule has 0 aliphatic carbocycles. The minimum absolute atomic E-state index is 0.382. The van der Waals surface area contributed by atoms with E-state index < -0.39 is 0 Å². The van der Waals surface area contributed by atoms with Gasteiger partial charge in [-0.15, -0.1) is 0 Å². The van der Waals surface area contributed by atoms with Crippen molar-refractivity contribution < 1.29 is 0 Å². The molecular formula is C28H32N2. The molecule has 30 heavy (non-hydrogen) atoms. The van der Waals surface area contributed by atoms with Gasteiger partial charge in [0.05, 0.1) is 0 Å². The van der Waals surface area contributed by atoms with E-state index in [9.17, 15) is 0 Å². The van der Waals surface area contributed by atoms with Crippen LogP contribution in [0, 0.1) is 12.8 Å². The Morgan fingerprint density at radius 1 is 0.800 bits per heavy atom. The van der Waals surface area contributed by atoms with Crippen molar-refractivity contribution in [3.05, 3.63) is 102 Å². The van der Waals surface area contributed by atoms with Gasteiger partial charge in [-0.2, -0.15) is 0 Å². The number of anilines is 1. The van der Waals surface area contributed by atoms with Gasteiger partial charge in [-0.3, -0.25) is 4.90 Å². The van der Waals surface area contributed by atoms with Crippen LogP contribution in [-0.2, 0) is 0 Å². The first-order valence-corrected chi connectivity index (χ1v) is 11.4. The lowest BCUT2D eigenvalue weighted by molar-refractivity contribution is 0.0186. The Kier molecular flexibility index (Phi) is 5.35. The molecule has 3 aromatic carbocycles. The minimum Gasteiger partial charge on any atom is -0.370 e. The number of hydrogen-bond donors (Lipinski definition) is 0. The highest BCUT2D eigenvalue weighted by Gasteiger charge is 2.48. The van der Waals surface area contributed by atoms with Crippen LogP contribution in [0.1, 0.15) is 35.4 Å². The molecule has 154 valence electrons. The van der Waals surface area contributed by atoms with E-state index >= 15 is 0 Å². The molecule has 2 nitrogen and oxygen atoms in total. The third-order valence-electron chi connectivity index (χ3n) is 7.34. The summed E-state index contributed by atoms with van der Waals surface area (Å²) in [7, 11) is 2.32. The van der Waals surface area contributed by atoms with E-state index in [4.69, 9.17) is 0 Å². The summed E-state index contributed by atoms with van der Waals surface area (Å²) in [5.74, 6) is 1.13. The van der Waals surface area contributed by atoms with Crippen LogP contribution in [-0.4, -0.2) is 37.1 Å². The molecule has 2 atom stereocenters. The zero-order valence-electron chi connectivity index (χ0n) is 18.1. The number of fused-ring (bicyclic) bond motifs is 3. The zero-order chi connectivity index (χ0) is 20.5. The number of likely N-dealkylation sites (N-methyl/N-ethyl adjacent to an activating group) is 1. The highest BCUT2D eigenvalue weighted by molar-refractivity contribution is 5.50. The number of aryl methyl sites for hydroxylation is 1. The number of nitrogens with zero attached hydrogens (tertiary/aromatic N) is 2. The van der Waals surface area contributed by atoms with Crippen molar-refractivity contribution in [1.82, 2.24) is 4.90 Å². The zero-order valence-corrected chi connectivity index (χ0v) is 18.1. The Hall–Kier alpha value is -2.58. The quantitative estimate of drug-likeness (QED) is 0.544. The van der Waals surface area contributed by atoms with E-state index in [1.807, 2.05) is 0 Å². The molecule has 0 spiro atoms. The molecule has 0 unspecified atom stereocenters. The minimum atomic E-state index is 0.382. The van der Waals surface area contributed by atoms with Gasteiger partial charge in [0, 0.05) is 30.7 Å². The molecule has 3 aliphatic heterocycles. The Balaban J connectivity index is 1.61. The molecule has 3 aromatic rings. The summed E-state index contributed by atoms with van der Waals surface area (Å²) in [4.78, 5) is 5.37. The van der Waals surface area contributed by atoms with Crippen molar-refractivity contribution in [1.29, 1.82) is 0 Å². The summed E-state index contributed by atoms with van der Waals surface area (Å²) in [5, 5.41) is 0. The summed E-state index contributed by atoms with van der Waals surface area (Å²) in [6.45, 7) is 4.65. The van der Waals surface area contributed by atoms with Crippen molar-refractivity contribution in [3.63, 3.8) is 0 Å². The molecule has 3 fully saturated rings. The van der Waals surface area contributed by atoms with Gasteiger partial charge >= 0.3 is 0 Å². The molecule has 0 amide bonds. The van der Waals surface area contributed by atoms with Crippen LogP contribution in [0.15, 0.2) is 84.9 Å². The van der Waals surface area contributed by atoms with E-state index in [0.29, 0.717) is 18.0 Å². The van der Waals surface area contributed by atoms with Crippen LogP contribution >= 0.6 is 0 Å². The molecule has 2 bridgehead atoms. The second kappa shape index (κ2) is 8.28. The van der Waals surface area contributed by atoms with Crippen molar-refractivity contribution >= 4 is 5.69 Å². The Morgan fingerprint density at radius 3 is 1.97 bits per heavy atom. The molecular weight excluding hydrogens is 364 g/mol. The molecule has 0 N–H and O–H groups in total. The van der Waals surface area contributed by atoms with Gasteiger partial charge in [0.1, 0.15) is 0 Å². The highest BCUT2D eigenvalue weighted by Crippen LogP contribution is 2.44. The predicted molar refractivity (Wildman–Crippen MR) is 126 cm³/mol. The Bertz CT molecular complexity index is 921. The number of benzene rings is 3. The monoisotopic (exact) mass is 396 g/mol. The number of hydrogen-bond acceptors (Lipinski definition) is 2. The first-order valence-electron chi connectivity index (χ1n) is 11.4. The van der Waals surface area contributed by atoms with Gasteiger partial charge < -0.3 is 4.90 Å². The van der Waals surface area contributed by atoms with Crippen molar-refractivity contribution in [2.75, 3.05) is 25.0 Å². The third kappa shape index (κ3) is 3.54. The number of piperidine rings is 3. The van der Waals surface area contributed by atoms with Crippen LogP contribution in [0.2, 0.25) is 0 Å². The summed E-state index contributed by atoms with van der Waals surface area (Å²) >= 11 is 0. The van der Waals surface area contributed by atoms with Crippen molar-refractivity contribution in [2.24, 2.45) is 5.92 Å². The average Bonchev–Trinajstić information content (AvgIpc) is 2.81. The van der Waals surface area contributed by atoms with E-state index in [1.165, 1.54) is 48.3 Å². The highest BCUT2D eigenvalue weighted by atomic mass is 15.3. The molecule has 0 aromatic heterocycles. The second-order valence-electron chi connectivity index (χ2n) is 9.10. The summed E-state index contributed by atoms with van der Waals surface area (Å²) in [6, 6.07) is 32.4. The molecule has 2 heteroatoms. The average molecular weight is 397 g/mol. The van der Waals surface area contributed by atoms with Gasteiger partial charge in [0.2, 0.25) is 0 Å². The summed E-state index contributed by atoms with van der Waals surface area (Å²) in [5.41, 5.74) is 5.55. The van der Waals surface area contributed by atoms with Crippen LogP contribution in [0.25, 0.3) is 0 Å². The lowest BCUT2D eigenvalue weighted by Gasteiger charge is -2.56.